The minimum atomic E-state index is -1.93. The molecule has 0 aromatic heterocycles. The van der Waals surface area contributed by atoms with Crippen molar-refractivity contribution in [3.05, 3.63) is 71.8 Å². The number of benzene rings is 2. The Hall–Kier alpha value is -10.9. The molecule has 0 aliphatic carbocycles. The predicted octanol–water partition coefficient (Wildman–Crippen LogP) is -6.70. The van der Waals surface area contributed by atoms with Crippen LogP contribution in [0.2, 0.25) is 0 Å². The molecule has 0 fully saturated rings. The van der Waals surface area contributed by atoms with Gasteiger partial charge < -0.3 is 120 Å². The van der Waals surface area contributed by atoms with Crippen molar-refractivity contribution in [1.82, 2.24) is 58.5 Å². The van der Waals surface area contributed by atoms with Gasteiger partial charge in [0.05, 0.1) is 31.6 Å². The van der Waals surface area contributed by atoms with Crippen LogP contribution < -0.4 is 110 Å². The summed E-state index contributed by atoms with van der Waals surface area (Å²) in [6, 6.07) is 3.38. The first-order valence-electron chi connectivity index (χ1n) is 33.9. The Bertz CT molecular complexity index is 3260. The third-order valence-electron chi connectivity index (χ3n) is 16.1. The smallest absolute Gasteiger partial charge is 0.305 e. The highest BCUT2D eigenvalue weighted by molar-refractivity contribution is 7.80. The van der Waals surface area contributed by atoms with Crippen LogP contribution in [0.5, 0.6) is 0 Å². The number of carboxylic acids is 1. The number of aliphatic imine (C=N–C) groups is 4. The van der Waals surface area contributed by atoms with Crippen molar-refractivity contribution in [1.29, 1.82) is 0 Å². The van der Waals surface area contributed by atoms with Crippen molar-refractivity contribution in [2.45, 2.75) is 172 Å². The maximum absolute atomic E-state index is 14.5. The second-order valence-electron chi connectivity index (χ2n) is 24.5. The minimum Gasteiger partial charge on any atom is -0.481 e. The molecule has 12 atom stereocenters. The van der Waals surface area contributed by atoms with E-state index in [-0.39, 0.29) is 114 Å². The van der Waals surface area contributed by atoms with Crippen LogP contribution in [0.25, 0.3) is 0 Å². The van der Waals surface area contributed by atoms with E-state index in [0.717, 1.165) is 0 Å². The Morgan fingerprint density at radius 2 is 0.798 bits per heavy atom. The van der Waals surface area contributed by atoms with Gasteiger partial charge in [0, 0.05) is 44.8 Å². The SMILES string of the molecule is CC[C@H](C)[C@H](NC(=O)[C@H](CCCN=C(N)N)NC(=O)[C@H](CC(=O)O)NC(=O)[C@@H](NC(=O)[C@H](CCCN=C(N)N)NC(=O)CNC(=O)CNC(=O)[C@H](Cc1ccccc1)NC(=O)[C@H](CS)NC(=O)[C@@H](N)CCCN=C(N)N)[C@@H](C)CC)C(=O)N[C@@H](Cc1ccccc1)C(=O)N[C@H](C=O)CCCN=C(N)N. The first kappa shape index (κ1) is 89.2. The number of nitrogens with two attached hydrogens (primary N) is 9. The minimum absolute atomic E-state index is 0.0246. The highest BCUT2D eigenvalue weighted by Crippen LogP contribution is 2.15. The molecule has 30 N–H and O–H groups in total. The summed E-state index contributed by atoms with van der Waals surface area (Å²) >= 11 is 4.21. The van der Waals surface area contributed by atoms with E-state index in [0.29, 0.717) is 36.7 Å². The highest BCUT2D eigenvalue weighted by Gasteiger charge is 2.37. The number of nitrogens with zero attached hydrogens (tertiary/aromatic N) is 4. The molecule has 39 heteroatoms. The molecule has 0 radical (unpaired) electrons. The van der Waals surface area contributed by atoms with Crippen LogP contribution in [0.4, 0.5) is 0 Å². The zero-order valence-corrected chi connectivity index (χ0v) is 60.0. The third-order valence-corrected chi connectivity index (χ3v) is 16.4. The number of amides is 11. The number of thiol groups is 1. The van der Waals surface area contributed by atoms with E-state index in [1.807, 2.05) is 0 Å². The topological polar surface area (TPSA) is 658 Å². The van der Waals surface area contributed by atoms with Crippen LogP contribution in [0.15, 0.2) is 80.6 Å². The molecule has 2 aromatic carbocycles. The van der Waals surface area contributed by atoms with Gasteiger partial charge in [-0.2, -0.15) is 12.6 Å². The van der Waals surface area contributed by atoms with Gasteiger partial charge in [0.15, 0.2) is 23.8 Å². The second kappa shape index (κ2) is 48.9. The number of hydrogen-bond acceptors (Lipinski definition) is 19. The average Bonchev–Trinajstić information content (AvgIpc) is 0.853. The Labute approximate surface area is 609 Å². The molecule has 576 valence electrons. The Balaban J connectivity index is 2.39. The molecule has 104 heavy (non-hydrogen) atoms. The van der Waals surface area contributed by atoms with Gasteiger partial charge in [-0.15, -0.1) is 0 Å². The molecular formula is C65H106N24O14S. The fraction of sp³-hybridized carbons (Fsp3) is 0.554. The molecular weight excluding hydrogens is 1370 g/mol. The molecule has 38 nitrogen and oxygen atoms in total. The van der Waals surface area contributed by atoms with Crippen molar-refractivity contribution < 1.29 is 67.4 Å². The van der Waals surface area contributed by atoms with Crippen molar-refractivity contribution in [3.63, 3.8) is 0 Å². The Morgan fingerprint density at radius 3 is 1.23 bits per heavy atom. The highest BCUT2D eigenvalue weighted by atomic mass is 32.1. The number of carboxylic acid groups (broad SMARTS) is 1. The van der Waals surface area contributed by atoms with Gasteiger partial charge in [-0.05, 0) is 74.3 Å². The zero-order valence-electron chi connectivity index (χ0n) is 59.1. The Morgan fingerprint density at radius 1 is 0.433 bits per heavy atom. The molecule has 0 bridgehead atoms. The fourth-order valence-electron chi connectivity index (χ4n) is 9.90. The molecule has 0 saturated heterocycles. The summed E-state index contributed by atoms with van der Waals surface area (Å²) in [6.45, 7) is 5.42. The summed E-state index contributed by atoms with van der Waals surface area (Å²) < 4.78 is 0. The van der Waals surface area contributed by atoms with E-state index in [4.69, 9.17) is 51.6 Å². The number of rotatable bonds is 50. The van der Waals surface area contributed by atoms with Crippen LogP contribution in [0.1, 0.15) is 109 Å². The fourth-order valence-corrected chi connectivity index (χ4v) is 10.2. The van der Waals surface area contributed by atoms with Crippen LogP contribution in [0.3, 0.4) is 0 Å². The van der Waals surface area contributed by atoms with E-state index in [1.165, 1.54) is 0 Å². The molecule has 0 heterocycles. The van der Waals surface area contributed by atoms with Crippen LogP contribution in [0, 0.1) is 11.8 Å². The van der Waals surface area contributed by atoms with E-state index < -0.39 is 163 Å². The normalized spacial score (nSPS) is 14.2. The molecule has 11 amide bonds. The van der Waals surface area contributed by atoms with E-state index in [1.54, 1.807) is 88.4 Å². The van der Waals surface area contributed by atoms with Crippen molar-refractivity contribution in [2.75, 3.05) is 45.0 Å². The van der Waals surface area contributed by atoms with Crippen molar-refractivity contribution in [2.24, 2.45) is 83.4 Å². The first-order chi connectivity index (χ1) is 49.3. The summed E-state index contributed by atoms with van der Waals surface area (Å²) in [7, 11) is 0. The summed E-state index contributed by atoms with van der Waals surface area (Å²) in [4.78, 5) is 193. The van der Waals surface area contributed by atoms with Gasteiger partial charge in [-0.25, -0.2) is 0 Å². The summed E-state index contributed by atoms with van der Waals surface area (Å²) in [5, 5.41) is 38.0. The van der Waals surface area contributed by atoms with Gasteiger partial charge in [-0.3, -0.25) is 77.5 Å². The van der Waals surface area contributed by atoms with Gasteiger partial charge in [0.2, 0.25) is 65.0 Å². The number of aliphatic carboxylic acids is 1. The molecule has 0 aliphatic rings. The number of carbonyl (C=O) groups is 13. The lowest BCUT2D eigenvalue weighted by Crippen LogP contribution is -2.61. The summed E-state index contributed by atoms with van der Waals surface area (Å²) in [6.07, 6.45) is 0.547. The lowest BCUT2D eigenvalue weighted by molar-refractivity contribution is -0.142. The third kappa shape index (κ3) is 36.1. The standard InChI is InChI=1S/C65H106N24O14S/c1-5-36(3)51(60(102)85-45(30-39-19-11-8-12-20-39)57(99)81-40(34-90)21-13-25-75-62(67)68)89-56(98)43(24-16-28-78-65(73)74)83-58(100)46(31-50(93)94)86-61(103)52(37(4)6-2)88-55(97)42(23-15-27-77-64(71)72)82-49(92)33-79-48(91)32-80-54(96)44(29-38-17-9-7-10-18-38)84-59(101)47(35-104)87-53(95)41(66)22-14-26-76-63(69)70/h7-12,17-20,34,36-37,40-47,51-52,104H,5-6,13-16,21-33,35,66H2,1-4H3,(H,79,91)(H,80,96)(H,81,99)(H,82,92)(H,83,100)(H,84,101)(H,85,102)(H,86,103)(H,87,95)(H,88,97)(H,89,98)(H,93,94)(H4,67,68,75)(H4,69,70,76)(H4,71,72,77)(H4,73,74,78)/t36-,37-,40-,41-,42-,43-,44-,45-,46-,47-,51-,52-/m0/s1. The summed E-state index contributed by atoms with van der Waals surface area (Å²) in [5.41, 5.74) is 50.9. The maximum atomic E-state index is 14.5. The lowest BCUT2D eigenvalue weighted by Gasteiger charge is -2.30. The number of hydrogen-bond donors (Lipinski definition) is 22. The monoisotopic (exact) mass is 1480 g/mol. The molecule has 0 aliphatic heterocycles. The Kier molecular flexibility index (Phi) is 41.9. The molecule has 0 unspecified atom stereocenters. The summed E-state index contributed by atoms with van der Waals surface area (Å²) in [5.74, 6) is -13.9. The second-order valence-corrected chi connectivity index (χ2v) is 24.8. The van der Waals surface area contributed by atoms with Gasteiger partial charge >= 0.3 is 5.97 Å². The number of carbonyl (C=O) groups excluding carboxylic acids is 12. The van der Waals surface area contributed by atoms with Crippen LogP contribution in [-0.2, 0) is 75.2 Å². The van der Waals surface area contributed by atoms with Crippen molar-refractivity contribution >= 4 is 114 Å². The van der Waals surface area contributed by atoms with Crippen LogP contribution >= 0.6 is 12.6 Å². The molecule has 2 rings (SSSR count). The number of nitrogens with one attached hydrogen (secondary N) is 11. The average molecular weight is 1480 g/mol. The maximum Gasteiger partial charge on any atom is 0.305 e. The van der Waals surface area contributed by atoms with Gasteiger partial charge in [0.1, 0.15) is 54.6 Å². The molecule has 0 spiro atoms. The first-order valence-corrected chi connectivity index (χ1v) is 34.6. The predicted molar refractivity (Wildman–Crippen MR) is 392 cm³/mol. The lowest BCUT2D eigenvalue weighted by atomic mass is 9.96. The zero-order chi connectivity index (χ0) is 77.8. The van der Waals surface area contributed by atoms with E-state index in [2.05, 4.69) is 91.1 Å². The largest absolute Gasteiger partial charge is 0.481 e. The number of aldehydes is 1. The quantitative estimate of drug-likeness (QED) is 0.00962. The molecule has 2 aromatic rings. The van der Waals surface area contributed by atoms with Crippen LogP contribution in [-0.4, -0.2) is 212 Å². The van der Waals surface area contributed by atoms with E-state index >= 15 is 0 Å². The van der Waals surface area contributed by atoms with Gasteiger partial charge in [0.25, 0.3) is 0 Å². The van der Waals surface area contributed by atoms with Gasteiger partial charge in [-0.1, -0.05) is 101 Å². The van der Waals surface area contributed by atoms with Crippen molar-refractivity contribution in [3.8, 4) is 0 Å². The number of guanidine groups is 4. The van der Waals surface area contributed by atoms with E-state index in [9.17, 15) is 67.4 Å². The molecule has 0 saturated carbocycles.